The molecule has 0 saturated carbocycles. The van der Waals surface area contributed by atoms with Gasteiger partial charge in [0.15, 0.2) is 0 Å². The fourth-order valence-corrected chi connectivity index (χ4v) is 4.14. The lowest BCUT2D eigenvalue weighted by Crippen LogP contribution is -2.08. The third-order valence-corrected chi connectivity index (χ3v) is 5.07. The Morgan fingerprint density at radius 3 is 2.05 bits per heavy atom. The number of hydrogen-bond acceptors (Lipinski definition) is 5. The maximum atomic E-state index is 4.39. The molecule has 0 aliphatic heterocycles. The molecular formula is C15H14N4S2. The van der Waals surface area contributed by atoms with Crippen LogP contribution in [-0.2, 0) is 6.54 Å². The average molecular weight is 314 g/mol. The van der Waals surface area contributed by atoms with Gasteiger partial charge in [0, 0.05) is 31.3 Å². The van der Waals surface area contributed by atoms with Gasteiger partial charge in [-0.1, -0.05) is 35.7 Å². The summed E-state index contributed by atoms with van der Waals surface area (Å²) >= 11 is 3.49. The second kappa shape index (κ2) is 7.28. The van der Waals surface area contributed by atoms with Gasteiger partial charge in [0.05, 0.1) is 21.0 Å². The van der Waals surface area contributed by atoms with Gasteiger partial charge in [-0.05, 0) is 24.3 Å². The second-order valence-corrected chi connectivity index (χ2v) is 7.01. The van der Waals surface area contributed by atoms with Gasteiger partial charge in [0.25, 0.3) is 0 Å². The predicted molar refractivity (Wildman–Crippen MR) is 86.2 cm³/mol. The summed E-state index contributed by atoms with van der Waals surface area (Å²) in [6, 6.07) is 11.9. The number of rotatable bonds is 6. The lowest BCUT2D eigenvalue weighted by atomic mass is 10.5. The lowest BCUT2D eigenvalue weighted by molar-refractivity contribution is 0.749. The van der Waals surface area contributed by atoms with E-state index in [0.29, 0.717) is 0 Å². The fourth-order valence-electron chi connectivity index (χ4n) is 1.77. The zero-order chi connectivity index (χ0) is 14.3. The van der Waals surface area contributed by atoms with Gasteiger partial charge >= 0.3 is 0 Å². The quantitative estimate of drug-likeness (QED) is 0.514. The summed E-state index contributed by atoms with van der Waals surface area (Å²) in [5.74, 6) is 0. The van der Waals surface area contributed by atoms with E-state index in [1.165, 1.54) is 0 Å². The molecule has 0 saturated heterocycles. The van der Waals surface area contributed by atoms with Crippen LogP contribution in [0.4, 0.5) is 0 Å². The summed E-state index contributed by atoms with van der Waals surface area (Å²) < 4.78 is 2.36. The van der Waals surface area contributed by atoms with Crippen molar-refractivity contribution in [3.05, 3.63) is 67.5 Å². The summed E-state index contributed by atoms with van der Waals surface area (Å²) in [7, 11) is 0. The molecule has 0 atom stereocenters. The van der Waals surface area contributed by atoms with Crippen LogP contribution < -0.4 is 0 Å². The maximum Gasteiger partial charge on any atom is 0.0971 e. The fraction of sp³-hybridized carbons (Fsp3) is 0.133. The topological polar surface area (TPSA) is 43.6 Å². The molecule has 0 bridgehead atoms. The number of nitrogens with zero attached hydrogens (tertiary/aromatic N) is 4. The first-order chi connectivity index (χ1) is 10.4. The highest BCUT2D eigenvalue weighted by molar-refractivity contribution is 8.17. The largest absolute Gasteiger partial charge is 0.336 e. The molecule has 0 spiro atoms. The maximum absolute atomic E-state index is 4.39. The van der Waals surface area contributed by atoms with Crippen LogP contribution in [0.15, 0.2) is 77.6 Å². The van der Waals surface area contributed by atoms with Crippen LogP contribution in [0.5, 0.6) is 0 Å². The van der Waals surface area contributed by atoms with Crippen LogP contribution >= 0.6 is 23.5 Å². The van der Waals surface area contributed by atoms with Crippen molar-refractivity contribution in [1.29, 1.82) is 0 Å². The van der Waals surface area contributed by atoms with E-state index in [0.717, 1.165) is 16.6 Å². The molecule has 0 aliphatic rings. The van der Waals surface area contributed by atoms with Crippen LogP contribution in [0.3, 0.4) is 0 Å². The van der Waals surface area contributed by atoms with Crippen molar-refractivity contribution in [3.63, 3.8) is 0 Å². The van der Waals surface area contributed by atoms with E-state index >= 15 is 0 Å². The van der Waals surface area contributed by atoms with Gasteiger partial charge in [-0.2, -0.15) is 0 Å². The highest BCUT2D eigenvalue weighted by Gasteiger charge is 2.14. The molecule has 3 heterocycles. The minimum Gasteiger partial charge on any atom is -0.336 e. The Balaban J connectivity index is 1.74. The zero-order valence-corrected chi connectivity index (χ0v) is 12.9. The van der Waals surface area contributed by atoms with Crippen molar-refractivity contribution in [2.24, 2.45) is 0 Å². The number of pyridine rings is 2. The Morgan fingerprint density at radius 2 is 1.57 bits per heavy atom. The van der Waals surface area contributed by atoms with Gasteiger partial charge in [-0.15, -0.1) is 0 Å². The molecule has 3 aromatic heterocycles. The second-order valence-electron chi connectivity index (χ2n) is 4.26. The van der Waals surface area contributed by atoms with Crippen molar-refractivity contribution >= 4 is 23.5 Å². The number of imidazole rings is 1. The van der Waals surface area contributed by atoms with E-state index in [4.69, 9.17) is 0 Å². The van der Waals surface area contributed by atoms with E-state index in [1.54, 1.807) is 29.7 Å². The monoisotopic (exact) mass is 314 g/mol. The normalized spacial score (nSPS) is 10.9. The van der Waals surface area contributed by atoms with E-state index in [-0.39, 0.29) is 4.58 Å². The Hall–Kier alpha value is -1.79. The molecule has 0 aliphatic carbocycles. The lowest BCUT2D eigenvalue weighted by Gasteiger charge is -2.15. The molecular weight excluding hydrogens is 300 g/mol. The molecule has 0 amide bonds. The van der Waals surface area contributed by atoms with Crippen LogP contribution in [0, 0.1) is 0 Å². The SMILES string of the molecule is c1ccc(SC(Cn2ccnc2)Sc2ccccn2)nc1. The van der Waals surface area contributed by atoms with Gasteiger partial charge < -0.3 is 4.57 Å². The molecule has 3 rings (SSSR count). The van der Waals surface area contributed by atoms with Gasteiger partial charge in [0.1, 0.15) is 0 Å². The van der Waals surface area contributed by atoms with Crippen LogP contribution in [0.2, 0.25) is 0 Å². The van der Waals surface area contributed by atoms with Crippen molar-refractivity contribution in [1.82, 2.24) is 19.5 Å². The Bertz CT molecular complexity index is 602. The van der Waals surface area contributed by atoms with Crippen LogP contribution in [0.1, 0.15) is 0 Å². The van der Waals surface area contributed by atoms with E-state index in [9.17, 15) is 0 Å². The molecule has 106 valence electrons. The van der Waals surface area contributed by atoms with Crippen LogP contribution in [0.25, 0.3) is 0 Å². The standard InChI is InChI=1S/C15H14N4S2/c1-3-7-17-13(5-1)20-15(11-19-10-9-16-12-19)21-14-6-2-4-8-18-14/h1-10,12,15H,11H2. The highest BCUT2D eigenvalue weighted by Crippen LogP contribution is 2.34. The molecule has 3 aromatic rings. The third kappa shape index (κ3) is 4.34. The first-order valence-corrected chi connectivity index (χ1v) is 8.27. The summed E-state index contributed by atoms with van der Waals surface area (Å²) in [5, 5.41) is 2.04. The van der Waals surface area contributed by atoms with Crippen molar-refractivity contribution in [2.75, 3.05) is 0 Å². The Morgan fingerprint density at radius 1 is 0.905 bits per heavy atom. The van der Waals surface area contributed by atoms with Gasteiger partial charge in [-0.3, -0.25) is 0 Å². The molecule has 0 aromatic carbocycles. The summed E-state index contributed by atoms with van der Waals surface area (Å²) in [6.45, 7) is 0.850. The summed E-state index contributed by atoms with van der Waals surface area (Å²) in [5.41, 5.74) is 0. The predicted octanol–water partition coefficient (Wildman–Crippen LogP) is 3.58. The number of thioether (sulfide) groups is 2. The van der Waals surface area contributed by atoms with Crippen molar-refractivity contribution in [3.8, 4) is 0 Å². The zero-order valence-electron chi connectivity index (χ0n) is 11.2. The first-order valence-electron chi connectivity index (χ1n) is 6.51. The van der Waals surface area contributed by atoms with E-state index in [2.05, 4.69) is 19.5 Å². The minimum atomic E-state index is 0.281. The van der Waals surface area contributed by atoms with Crippen molar-refractivity contribution in [2.45, 2.75) is 21.2 Å². The number of aromatic nitrogens is 4. The Kier molecular flexibility index (Phi) is 4.91. The molecule has 0 N–H and O–H groups in total. The van der Waals surface area contributed by atoms with Crippen LogP contribution in [-0.4, -0.2) is 24.1 Å². The van der Waals surface area contributed by atoms with E-state index in [1.807, 2.05) is 61.3 Å². The van der Waals surface area contributed by atoms with E-state index < -0.39 is 0 Å². The minimum absolute atomic E-state index is 0.281. The van der Waals surface area contributed by atoms with Crippen molar-refractivity contribution < 1.29 is 0 Å². The summed E-state index contributed by atoms with van der Waals surface area (Å²) in [4.78, 5) is 12.9. The molecule has 21 heavy (non-hydrogen) atoms. The molecule has 0 unspecified atom stereocenters. The first kappa shape index (κ1) is 14.2. The summed E-state index contributed by atoms with van der Waals surface area (Å²) in [6.07, 6.45) is 9.26. The molecule has 4 nitrogen and oxygen atoms in total. The highest BCUT2D eigenvalue weighted by atomic mass is 32.2. The third-order valence-electron chi connectivity index (χ3n) is 2.70. The molecule has 6 heteroatoms. The van der Waals surface area contributed by atoms with Gasteiger partial charge in [0.2, 0.25) is 0 Å². The molecule has 0 radical (unpaired) electrons. The average Bonchev–Trinajstić information content (AvgIpc) is 3.02. The Labute approximate surface area is 132 Å². The molecule has 0 fully saturated rings. The smallest absolute Gasteiger partial charge is 0.0971 e. The number of hydrogen-bond donors (Lipinski definition) is 0. The van der Waals surface area contributed by atoms with Gasteiger partial charge in [-0.25, -0.2) is 15.0 Å².